The van der Waals surface area contributed by atoms with Crippen molar-refractivity contribution in [3.05, 3.63) is 65.7 Å². The fraction of sp³-hybridized carbons (Fsp3) is 0.235. The van der Waals surface area contributed by atoms with Gasteiger partial charge in [-0.25, -0.2) is 0 Å². The van der Waals surface area contributed by atoms with Crippen LogP contribution in [0.4, 0.5) is 5.69 Å². The monoisotopic (exact) mass is 282 g/mol. The maximum Gasteiger partial charge on any atom is 0.254 e. The Morgan fingerprint density at radius 3 is 2.33 bits per heavy atom. The second-order valence-corrected chi connectivity index (χ2v) is 5.67. The Balaban J connectivity index is 1.62. The molecule has 0 unspecified atom stereocenters. The van der Waals surface area contributed by atoms with E-state index in [4.69, 9.17) is 5.73 Å². The number of nitrogens with zero attached hydrogens (tertiary/aromatic N) is 1. The van der Waals surface area contributed by atoms with Gasteiger partial charge in [0.15, 0.2) is 0 Å². The van der Waals surface area contributed by atoms with Crippen LogP contribution in [0.1, 0.15) is 15.9 Å². The van der Waals surface area contributed by atoms with Crippen LogP contribution in [0, 0.1) is 0 Å². The SMILES string of the molecule is Nc1ccc(C(=O)N2CC(O)(Cc3ccccc3)C2)cc1. The van der Waals surface area contributed by atoms with E-state index in [0.29, 0.717) is 30.8 Å². The van der Waals surface area contributed by atoms with Gasteiger partial charge in [0.2, 0.25) is 0 Å². The van der Waals surface area contributed by atoms with Crippen LogP contribution in [-0.4, -0.2) is 34.6 Å². The number of hydrogen-bond acceptors (Lipinski definition) is 3. The molecule has 4 nitrogen and oxygen atoms in total. The minimum Gasteiger partial charge on any atom is -0.399 e. The number of amides is 1. The Morgan fingerprint density at radius 1 is 1.10 bits per heavy atom. The number of hydrogen-bond donors (Lipinski definition) is 2. The van der Waals surface area contributed by atoms with Crippen molar-refractivity contribution in [3.8, 4) is 0 Å². The number of likely N-dealkylation sites (tertiary alicyclic amines) is 1. The van der Waals surface area contributed by atoms with E-state index in [1.807, 2.05) is 30.3 Å². The lowest BCUT2D eigenvalue weighted by atomic mass is 9.86. The molecule has 1 amide bonds. The van der Waals surface area contributed by atoms with Crippen LogP contribution >= 0.6 is 0 Å². The first kappa shape index (κ1) is 13.6. The molecule has 1 aliphatic heterocycles. The Kier molecular flexibility index (Phi) is 3.39. The van der Waals surface area contributed by atoms with Crippen molar-refractivity contribution in [2.24, 2.45) is 0 Å². The molecule has 2 aromatic rings. The number of nitrogen functional groups attached to an aromatic ring is 1. The van der Waals surface area contributed by atoms with Crippen molar-refractivity contribution in [3.63, 3.8) is 0 Å². The fourth-order valence-electron chi connectivity index (χ4n) is 2.70. The summed E-state index contributed by atoms with van der Waals surface area (Å²) in [7, 11) is 0. The van der Waals surface area contributed by atoms with Gasteiger partial charge in [-0.15, -0.1) is 0 Å². The number of rotatable bonds is 3. The highest BCUT2D eigenvalue weighted by molar-refractivity contribution is 5.95. The summed E-state index contributed by atoms with van der Waals surface area (Å²) in [6, 6.07) is 16.7. The third kappa shape index (κ3) is 2.90. The molecule has 3 N–H and O–H groups in total. The molecule has 1 heterocycles. The zero-order valence-electron chi connectivity index (χ0n) is 11.7. The standard InChI is InChI=1S/C17H18N2O2/c18-15-8-6-14(7-9-15)16(20)19-11-17(21,12-19)10-13-4-2-1-3-5-13/h1-9,21H,10-12,18H2. The summed E-state index contributed by atoms with van der Waals surface area (Å²) in [6.45, 7) is 0.732. The maximum atomic E-state index is 12.3. The smallest absolute Gasteiger partial charge is 0.254 e. The minimum absolute atomic E-state index is 0.0623. The van der Waals surface area contributed by atoms with Gasteiger partial charge in [-0.05, 0) is 29.8 Å². The van der Waals surface area contributed by atoms with Gasteiger partial charge in [0, 0.05) is 17.7 Å². The lowest BCUT2D eigenvalue weighted by Crippen LogP contribution is -2.64. The van der Waals surface area contributed by atoms with Gasteiger partial charge in [-0.1, -0.05) is 30.3 Å². The van der Waals surface area contributed by atoms with E-state index < -0.39 is 5.60 Å². The van der Waals surface area contributed by atoms with Crippen molar-refractivity contribution in [2.45, 2.75) is 12.0 Å². The second kappa shape index (κ2) is 5.22. The Morgan fingerprint density at radius 2 is 1.71 bits per heavy atom. The van der Waals surface area contributed by atoms with Gasteiger partial charge >= 0.3 is 0 Å². The molecule has 0 radical (unpaired) electrons. The Bertz CT molecular complexity index is 632. The third-order valence-corrected chi connectivity index (χ3v) is 3.79. The summed E-state index contributed by atoms with van der Waals surface area (Å²) in [6.07, 6.45) is 0.569. The molecule has 2 aromatic carbocycles. The zero-order chi connectivity index (χ0) is 14.9. The van der Waals surface area contributed by atoms with E-state index in [9.17, 15) is 9.90 Å². The molecule has 4 heteroatoms. The van der Waals surface area contributed by atoms with E-state index in [-0.39, 0.29) is 5.91 Å². The first-order valence-electron chi connectivity index (χ1n) is 6.97. The molecule has 0 aliphatic carbocycles. The normalized spacial score (nSPS) is 16.3. The molecule has 1 aliphatic rings. The number of anilines is 1. The highest BCUT2D eigenvalue weighted by atomic mass is 16.3. The predicted octanol–water partition coefficient (Wildman–Crippen LogP) is 1.70. The molecule has 0 atom stereocenters. The van der Waals surface area contributed by atoms with Crippen molar-refractivity contribution in [1.82, 2.24) is 4.90 Å². The molecule has 0 aromatic heterocycles. The molecule has 0 bridgehead atoms. The first-order chi connectivity index (χ1) is 10.1. The molecule has 1 fully saturated rings. The number of carbonyl (C=O) groups excluding carboxylic acids is 1. The summed E-state index contributed by atoms with van der Waals surface area (Å²) >= 11 is 0. The van der Waals surface area contributed by atoms with Crippen LogP contribution in [0.3, 0.4) is 0 Å². The van der Waals surface area contributed by atoms with Crippen LogP contribution in [0.25, 0.3) is 0 Å². The predicted molar refractivity (Wildman–Crippen MR) is 81.9 cm³/mol. The maximum absolute atomic E-state index is 12.3. The van der Waals surface area contributed by atoms with Gasteiger partial charge in [-0.2, -0.15) is 0 Å². The van der Waals surface area contributed by atoms with Crippen LogP contribution in [-0.2, 0) is 6.42 Å². The van der Waals surface area contributed by atoms with Crippen molar-refractivity contribution in [2.75, 3.05) is 18.8 Å². The highest BCUT2D eigenvalue weighted by Gasteiger charge is 2.43. The average Bonchev–Trinajstić information content (AvgIpc) is 2.46. The molecule has 0 saturated carbocycles. The topological polar surface area (TPSA) is 66.6 Å². The molecule has 108 valence electrons. The number of nitrogens with two attached hydrogens (primary N) is 1. The summed E-state index contributed by atoms with van der Waals surface area (Å²) in [4.78, 5) is 13.9. The lowest BCUT2D eigenvalue weighted by molar-refractivity contribution is -0.0799. The fourth-order valence-corrected chi connectivity index (χ4v) is 2.70. The van der Waals surface area contributed by atoms with Crippen molar-refractivity contribution in [1.29, 1.82) is 0 Å². The van der Waals surface area contributed by atoms with E-state index in [1.54, 1.807) is 29.2 Å². The van der Waals surface area contributed by atoms with Crippen LogP contribution in [0.5, 0.6) is 0 Å². The van der Waals surface area contributed by atoms with Crippen LogP contribution < -0.4 is 5.73 Å². The summed E-state index contributed by atoms with van der Waals surface area (Å²) in [5, 5.41) is 10.5. The number of carbonyl (C=O) groups is 1. The summed E-state index contributed by atoms with van der Waals surface area (Å²) in [5.41, 5.74) is 7.12. The summed E-state index contributed by atoms with van der Waals surface area (Å²) < 4.78 is 0. The molecule has 1 saturated heterocycles. The van der Waals surface area contributed by atoms with Crippen molar-refractivity contribution < 1.29 is 9.90 Å². The van der Waals surface area contributed by atoms with E-state index >= 15 is 0 Å². The van der Waals surface area contributed by atoms with E-state index in [2.05, 4.69) is 0 Å². The van der Waals surface area contributed by atoms with Crippen LogP contribution in [0.15, 0.2) is 54.6 Å². The van der Waals surface area contributed by atoms with Crippen molar-refractivity contribution >= 4 is 11.6 Å². The number of benzene rings is 2. The Hall–Kier alpha value is -2.33. The molecular formula is C17H18N2O2. The van der Waals surface area contributed by atoms with Gasteiger partial charge in [0.05, 0.1) is 13.1 Å². The number of aliphatic hydroxyl groups is 1. The summed E-state index contributed by atoms with van der Waals surface area (Å²) in [5.74, 6) is -0.0623. The molecular weight excluding hydrogens is 264 g/mol. The first-order valence-corrected chi connectivity index (χ1v) is 6.97. The second-order valence-electron chi connectivity index (χ2n) is 5.67. The lowest BCUT2D eigenvalue weighted by Gasteiger charge is -2.46. The average molecular weight is 282 g/mol. The van der Waals surface area contributed by atoms with Gasteiger partial charge in [0.1, 0.15) is 5.60 Å². The van der Waals surface area contributed by atoms with E-state index in [0.717, 1.165) is 5.56 Å². The molecule has 0 spiro atoms. The highest BCUT2D eigenvalue weighted by Crippen LogP contribution is 2.27. The van der Waals surface area contributed by atoms with Gasteiger partial charge in [0.25, 0.3) is 5.91 Å². The molecule has 3 rings (SSSR count). The van der Waals surface area contributed by atoms with E-state index in [1.165, 1.54) is 0 Å². The third-order valence-electron chi connectivity index (χ3n) is 3.79. The van der Waals surface area contributed by atoms with Gasteiger partial charge in [-0.3, -0.25) is 4.79 Å². The zero-order valence-corrected chi connectivity index (χ0v) is 11.7. The number of β-amino-alcohol motifs (C(OH)–C–C–N with tert-alkyl or cyclic N) is 1. The van der Waals surface area contributed by atoms with Gasteiger partial charge < -0.3 is 15.7 Å². The largest absolute Gasteiger partial charge is 0.399 e. The quantitative estimate of drug-likeness (QED) is 0.842. The minimum atomic E-state index is -0.815. The Labute approximate surface area is 123 Å². The molecule has 21 heavy (non-hydrogen) atoms. The van der Waals surface area contributed by atoms with Crippen LogP contribution in [0.2, 0.25) is 0 Å².